The molecule has 0 atom stereocenters. The molecule has 2 aromatic carbocycles. The summed E-state index contributed by atoms with van der Waals surface area (Å²) in [5.74, 6) is 2.72. The molecule has 32 heavy (non-hydrogen) atoms. The van der Waals surface area contributed by atoms with Crippen LogP contribution in [0.3, 0.4) is 0 Å². The molecule has 0 saturated heterocycles. The molecule has 1 aliphatic heterocycles. The van der Waals surface area contributed by atoms with Crippen LogP contribution in [0.5, 0.6) is 23.0 Å². The number of nitrogens with two attached hydrogens (primary N) is 2. The second-order valence-corrected chi connectivity index (χ2v) is 7.26. The summed E-state index contributed by atoms with van der Waals surface area (Å²) in [7, 11) is 0. The van der Waals surface area contributed by atoms with E-state index in [0.717, 1.165) is 24.0 Å². The van der Waals surface area contributed by atoms with Gasteiger partial charge in [-0.15, -0.1) is 0 Å². The maximum absolute atomic E-state index is 5.91. The lowest BCUT2D eigenvalue weighted by atomic mass is 10.1. The third-order valence-corrected chi connectivity index (χ3v) is 4.82. The maximum Gasteiger partial charge on any atom is 0.161 e. The summed E-state index contributed by atoms with van der Waals surface area (Å²) in [6.45, 7) is 4.53. The van der Waals surface area contributed by atoms with E-state index in [1.807, 2.05) is 36.4 Å². The molecule has 0 aliphatic carbocycles. The Labute approximate surface area is 189 Å². The van der Waals surface area contributed by atoms with Gasteiger partial charge < -0.3 is 39.9 Å². The first kappa shape index (κ1) is 24.1. The van der Waals surface area contributed by atoms with E-state index < -0.39 is 0 Å². The van der Waals surface area contributed by atoms with Crippen LogP contribution in [0.1, 0.15) is 11.1 Å². The summed E-state index contributed by atoms with van der Waals surface area (Å²) in [6, 6.07) is 11.8. The van der Waals surface area contributed by atoms with Gasteiger partial charge in [-0.3, -0.25) is 0 Å². The molecule has 0 aromatic heterocycles. The van der Waals surface area contributed by atoms with Crippen molar-refractivity contribution < 1.29 is 28.4 Å². The Hall–Kier alpha value is -2.52. The molecule has 1 heterocycles. The van der Waals surface area contributed by atoms with E-state index in [0.29, 0.717) is 88.9 Å². The molecule has 8 nitrogen and oxygen atoms in total. The topological polar surface area (TPSA) is 107 Å². The van der Waals surface area contributed by atoms with Gasteiger partial charge in [0.05, 0.1) is 26.4 Å². The molecule has 0 radical (unpaired) electrons. The minimum absolute atomic E-state index is 0.404. The molecule has 0 amide bonds. The van der Waals surface area contributed by atoms with Gasteiger partial charge in [-0.1, -0.05) is 12.1 Å². The number of hydrogen-bond acceptors (Lipinski definition) is 8. The molecule has 4 N–H and O–H groups in total. The first-order chi connectivity index (χ1) is 15.8. The van der Waals surface area contributed by atoms with Gasteiger partial charge in [0.15, 0.2) is 23.0 Å². The number of benzene rings is 2. The van der Waals surface area contributed by atoms with Gasteiger partial charge in [0, 0.05) is 0 Å². The Morgan fingerprint density at radius 2 is 0.875 bits per heavy atom. The molecule has 0 unspecified atom stereocenters. The van der Waals surface area contributed by atoms with E-state index >= 15 is 0 Å². The van der Waals surface area contributed by atoms with Crippen molar-refractivity contribution in [3.63, 3.8) is 0 Å². The minimum atomic E-state index is 0.404. The monoisotopic (exact) mass is 446 g/mol. The predicted molar refractivity (Wildman–Crippen MR) is 122 cm³/mol. The fourth-order valence-electron chi connectivity index (χ4n) is 3.26. The Balaban J connectivity index is 1.60. The first-order valence-corrected chi connectivity index (χ1v) is 11.1. The van der Waals surface area contributed by atoms with Crippen molar-refractivity contribution >= 4 is 0 Å². The van der Waals surface area contributed by atoms with Crippen molar-refractivity contribution in [3.05, 3.63) is 47.5 Å². The molecule has 2 aromatic rings. The zero-order valence-corrected chi connectivity index (χ0v) is 18.6. The molecule has 1 aliphatic rings. The Kier molecular flexibility index (Phi) is 10.4. The van der Waals surface area contributed by atoms with Crippen LogP contribution < -0.4 is 30.4 Å². The maximum atomic E-state index is 5.91. The minimum Gasteiger partial charge on any atom is -0.487 e. The second kappa shape index (κ2) is 13.8. The summed E-state index contributed by atoms with van der Waals surface area (Å²) in [5, 5.41) is 0. The summed E-state index contributed by atoms with van der Waals surface area (Å²) < 4.78 is 34.9. The number of fused-ring (bicyclic) bond motifs is 2. The van der Waals surface area contributed by atoms with E-state index in [1.54, 1.807) is 0 Å². The van der Waals surface area contributed by atoms with Gasteiger partial charge in [-0.2, -0.15) is 0 Å². The van der Waals surface area contributed by atoms with E-state index in [1.165, 1.54) is 0 Å². The highest BCUT2D eigenvalue weighted by Crippen LogP contribution is 2.30. The lowest BCUT2D eigenvalue weighted by molar-refractivity contribution is 0.0640. The van der Waals surface area contributed by atoms with Gasteiger partial charge in [-0.25, -0.2) is 0 Å². The standard InChI is InChI=1S/C24H34N2O6/c25-7-5-19-1-3-21-23(17-19)31-15-11-28-10-14-30-22-4-2-20(6-8-26)18-24(22)32-16-12-27-9-13-29-21/h1-4,17-18H,5-16,25-26H2. The Morgan fingerprint density at radius 3 is 1.25 bits per heavy atom. The first-order valence-electron chi connectivity index (χ1n) is 11.1. The molecular weight excluding hydrogens is 412 g/mol. The van der Waals surface area contributed by atoms with Gasteiger partial charge in [0.25, 0.3) is 0 Å². The lowest BCUT2D eigenvalue weighted by Crippen LogP contribution is -2.15. The SMILES string of the molecule is NCCc1ccc2c(c1)OCCOCCOc1ccc(CCN)cc1OCCOCCO2. The molecule has 0 saturated carbocycles. The highest BCUT2D eigenvalue weighted by atomic mass is 16.6. The van der Waals surface area contributed by atoms with Crippen LogP contribution in [-0.4, -0.2) is 65.9 Å². The van der Waals surface area contributed by atoms with Gasteiger partial charge in [0.1, 0.15) is 26.4 Å². The van der Waals surface area contributed by atoms with Crippen molar-refractivity contribution in [2.45, 2.75) is 12.8 Å². The highest BCUT2D eigenvalue weighted by Gasteiger charge is 2.10. The number of ether oxygens (including phenoxy) is 6. The van der Waals surface area contributed by atoms with Gasteiger partial charge >= 0.3 is 0 Å². The molecule has 0 spiro atoms. The predicted octanol–water partition coefficient (Wildman–Crippen LogP) is 1.95. The molecule has 0 bridgehead atoms. The molecular formula is C24H34N2O6. The van der Waals surface area contributed by atoms with Crippen molar-refractivity contribution in [2.75, 3.05) is 65.9 Å². The summed E-state index contributed by atoms with van der Waals surface area (Å²) in [5.41, 5.74) is 13.6. The van der Waals surface area contributed by atoms with E-state index in [9.17, 15) is 0 Å². The normalized spacial score (nSPS) is 16.1. The fraction of sp³-hybridized carbons (Fsp3) is 0.500. The third kappa shape index (κ3) is 7.87. The molecule has 3 rings (SSSR count). The lowest BCUT2D eigenvalue weighted by Gasteiger charge is -2.16. The average molecular weight is 447 g/mol. The quantitative estimate of drug-likeness (QED) is 0.734. The second-order valence-electron chi connectivity index (χ2n) is 7.26. The number of rotatable bonds is 4. The van der Waals surface area contributed by atoms with E-state index in [2.05, 4.69) is 0 Å². The summed E-state index contributed by atoms with van der Waals surface area (Å²) in [4.78, 5) is 0. The molecule has 176 valence electrons. The van der Waals surface area contributed by atoms with Crippen molar-refractivity contribution in [2.24, 2.45) is 11.5 Å². The van der Waals surface area contributed by atoms with Gasteiger partial charge in [0.2, 0.25) is 0 Å². The zero-order chi connectivity index (χ0) is 22.4. The Morgan fingerprint density at radius 1 is 0.500 bits per heavy atom. The highest BCUT2D eigenvalue weighted by molar-refractivity contribution is 5.44. The van der Waals surface area contributed by atoms with Crippen molar-refractivity contribution in [3.8, 4) is 23.0 Å². The van der Waals surface area contributed by atoms with Crippen molar-refractivity contribution in [1.29, 1.82) is 0 Å². The summed E-state index contributed by atoms with van der Waals surface area (Å²) >= 11 is 0. The van der Waals surface area contributed by atoms with Crippen LogP contribution in [0.25, 0.3) is 0 Å². The van der Waals surface area contributed by atoms with Crippen molar-refractivity contribution in [1.82, 2.24) is 0 Å². The molecule has 0 fully saturated rings. The fourth-order valence-corrected chi connectivity index (χ4v) is 3.26. The molecule has 8 heteroatoms. The van der Waals surface area contributed by atoms with Crippen LogP contribution in [0, 0.1) is 0 Å². The number of hydrogen-bond donors (Lipinski definition) is 2. The Bertz CT molecular complexity index is 750. The van der Waals surface area contributed by atoms with Crippen LogP contribution in [-0.2, 0) is 22.3 Å². The average Bonchev–Trinajstić information content (AvgIpc) is 2.80. The van der Waals surface area contributed by atoms with Crippen LogP contribution in [0.4, 0.5) is 0 Å². The third-order valence-electron chi connectivity index (χ3n) is 4.82. The largest absolute Gasteiger partial charge is 0.487 e. The van der Waals surface area contributed by atoms with Crippen LogP contribution in [0.2, 0.25) is 0 Å². The van der Waals surface area contributed by atoms with E-state index in [-0.39, 0.29) is 0 Å². The zero-order valence-electron chi connectivity index (χ0n) is 18.6. The van der Waals surface area contributed by atoms with Crippen LogP contribution >= 0.6 is 0 Å². The van der Waals surface area contributed by atoms with Crippen LogP contribution in [0.15, 0.2) is 36.4 Å². The smallest absolute Gasteiger partial charge is 0.161 e. The summed E-state index contributed by atoms with van der Waals surface area (Å²) in [6.07, 6.45) is 1.56. The van der Waals surface area contributed by atoms with E-state index in [4.69, 9.17) is 39.9 Å². The van der Waals surface area contributed by atoms with Gasteiger partial charge in [-0.05, 0) is 61.3 Å².